The Morgan fingerprint density at radius 2 is 2.35 bits per heavy atom. The molecule has 0 aliphatic carbocycles. The lowest BCUT2D eigenvalue weighted by Gasteiger charge is -2.09. The van der Waals surface area contributed by atoms with Crippen molar-refractivity contribution in [1.29, 1.82) is 0 Å². The lowest BCUT2D eigenvalue weighted by molar-refractivity contribution is -0.119. The number of nitrogens with one attached hydrogen (secondary N) is 2. The molecule has 4 nitrogen and oxygen atoms in total. The smallest absolute Gasteiger partial charge is 0.233 e. The molecule has 92 valence electrons. The second-order valence-corrected chi connectivity index (χ2v) is 4.36. The van der Waals surface area contributed by atoms with E-state index in [1.54, 1.807) is 7.05 Å². The molecule has 0 radical (unpaired) electrons. The highest BCUT2D eigenvalue weighted by atomic mass is 35.5. The van der Waals surface area contributed by atoms with Gasteiger partial charge in [-0.25, -0.2) is 0 Å². The van der Waals surface area contributed by atoms with Gasteiger partial charge in [0.1, 0.15) is 5.75 Å². The van der Waals surface area contributed by atoms with Crippen LogP contribution >= 0.6 is 11.6 Å². The molecular formula is C12H15ClN2O2. The Kier molecular flexibility index (Phi) is 3.86. The van der Waals surface area contributed by atoms with E-state index in [1.165, 1.54) is 0 Å². The van der Waals surface area contributed by atoms with E-state index < -0.39 is 0 Å². The molecule has 0 fully saturated rings. The molecule has 2 rings (SSSR count). The van der Waals surface area contributed by atoms with Crippen molar-refractivity contribution in [2.24, 2.45) is 0 Å². The van der Waals surface area contributed by atoms with Gasteiger partial charge < -0.3 is 15.4 Å². The Morgan fingerprint density at radius 1 is 1.53 bits per heavy atom. The molecule has 0 saturated carbocycles. The molecule has 0 atom stereocenters. The van der Waals surface area contributed by atoms with Crippen LogP contribution in [0, 0.1) is 0 Å². The summed E-state index contributed by atoms with van der Waals surface area (Å²) in [5.41, 5.74) is 2.16. The van der Waals surface area contributed by atoms with Crippen molar-refractivity contribution in [1.82, 2.24) is 10.6 Å². The maximum Gasteiger partial charge on any atom is 0.233 e. The van der Waals surface area contributed by atoms with Crippen molar-refractivity contribution < 1.29 is 9.53 Å². The topological polar surface area (TPSA) is 50.4 Å². The van der Waals surface area contributed by atoms with Gasteiger partial charge in [0.15, 0.2) is 0 Å². The third kappa shape index (κ3) is 2.90. The average molecular weight is 255 g/mol. The molecule has 1 heterocycles. The summed E-state index contributed by atoms with van der Waals surface area (Å²) in [5, 5.41) is 6.33. The van der Waals surface area contributed by atoms with Gasteiger partial charge in [-0.05, 0) is 17.7 Å². The Bertz CT molecular complexity index is 435. The zero-order valence-electron chi connectivity index (χ0n) is 9.68. The van der Waals surface area contributed by atoms with Crippen LogP contribution in [0.25, 0.3) is 0 Å². The summed E-state index contributed by atoms with van der Waals surface area (Å²) < 4.78 is 5.57. The summed E-state index contributed by atoms with van der Waals surface area (Å²) in [4.78, 5) is 11.1. The number of benzene rings is 1. The molecule has 1 aliphatic rings. The SMILES string of the molecule is CNC(=O)CNCc1cc(Cl)cc2c1OCC2. The Balaban J connectivity index is 2.03. The van der Waals surface area contributed by atoms with Crippen molar-refractivity contribution >= 4 is 17.5 Å². The van der Waals surface area contributed by atoms with E-state index in [1.807, 2.05) is 12.1 Å². The van der Waals surface area contributed by atoms with E-state index >= 15 is 0 Å². The number of fused-ring (bicyclic) bond motifs is 1. The quantitative estimate of drug-likeness (QED) is 0.846. The molecule has 1 aromatic carbocycles. The van der Waals surface area contributed by atoms with Gasteiger partial charge in [0.2, 0.25) is 5.91 Å². The van der Waals surface area contributed by atoms with Crippen LogP contribution in [-0.4, -0.2) is 26.1 Å². The van der Waals surface area contributed by atoms with E-state index in [2.05, 4.69) is 10.6 Å². The van der Waals surface area contributed by atoms with Gasteiger partial charge in [-0.15, -0.1) is 0 Å². The number of ether oxygens (including phenoxy) is 1. The minimum absolute atomic E-state index is 0.0374. The first kappa shape index (κ1) is 12.2. The summed E-state index contributed by atoms with van der Waals surface area (Å²) >= 11 is 6.03. The molecule has 0 spiro atoms. The molecule has 1 aromatic rings. The minimum Gasteiger partial charge on any atom is -0.493 e. The van der Waals surface area contributed by atoms with Crippen molar-refractivity contribution in [3.05, 3.63) is 28.3 Å². The van der Waals surface area contributed by atoms with E-state index in [0.29, 0.717) is 18.2 Å². The fraction of sp³-hybridized carbons (Fsp3) is 0.417. The number of hydrogen-bond donors (Lipinski definition) is 2. The third-order valence-electron chi connectivity index (χ3n) is 2.71. The molecule has 2 N–H and O–H groups in total. The number of amides is 1. The molecule has 1 aliphatic heterocycles. The number of carbonyl (C=O) groups excluding carboxylic acids is 1. The molecule has 0 unspecified atom stereocenters. The van der Waals surface area contributed by atoms with E-state index in [0.717, 1.165) is 23.3 Å². The molecule has 17 heavy (non-hydrogen) atoms. The summed E-state index contributed by atoms with van der Waals surface area (Å²) in [6, 6.07) is 3.81. The molecule has 0 aromatic heterocycles. The number of likely N-dealkylation sites (N-methyl/N-ethyl adjacent to an activating group) is 1. The standard InChI is InChI=1S/C12H15ClN2O2/c1-14-11(16)7-15-6-9-5-10(13)4-8-2-3-17-12(8)9/h4-5,15H,2-3,6-7H2,1H3,(H,14,16). The van der Waals surface area contributed by atoms with Gasteiger partial charge in [-0.2, -0.15) is 0 Å². The van der Waals surface area contributed by atoms with Crippen LogP contribution in [0.4, 0.5) is 0 Å². The molecular weight excluding hydrogens is 240 g/mol. The van der Waals surface area contributed by atoms with Crippen LogP contribution in [0.3, 0.4) is 0 Å². The van der Waals surface area contributed by atoms with E-state index in [4.69, 9.17) is 16.3 Å². The van der Waals surface area contributed by atoms with Gasteiger partial charge in [0.25, 0.3) is 0 Å². The van der Waals surface area contributed by atoms with Crippen LogP contribution in [0.5, 0.6) is 5.75 Å². The third-order valence-corrected chi connectivity index (χ3v) is 2.92. The van der Waals surface area contributed by atoms with Crippen LogP contribution in [0.15, 0.2) is 12.1 Å². The zero-order valence-corrected chi connectivity index (χ0v) is 10.4. The lowest BCUT2D eigenvalue weighted by Crippen LogP contribution is -2.31. The summed E-state index contributed by atoms with van der Waals surface area (Å²) in [6.07, 6.45) is 0.901. The average Bonchev–Trinajstić information content (AvgIpc) is 2.76. The highest BCUT2D eigenvalue weighted by Gasteiger charge is 2.17. The Morgan fingerprint density at radius 3 is 3.12 bits per heavy atom. The molecule has 0 saturated heterocycles. The maximum absolute atomic E-state index is 11.1. The number of rotatable bonds is 4. The van der Waals surface area contributed by atoms with Crippen molar-refractivity contribution in [2.45, 2.75) is 13.0 Å². The summed E-state index contributed by atoms with van der Waals surface area (Å²) in [5.74, 6) is 0.878. The summed E-state index contributed by atoms with van der Waals surface area (Å²) in [6.45, 7) is 1.58. The molecule has 5 heteroatoms. The van der Waals surface area contributed by atoms with Crippen molar-refractivity contribution in [2.75, 3.05) is 20.2 Å². The van der Waals surface area contributed by atoms with Gasteiger partial charge in [0.05, 0.1) is 13.2 Å². The fourth-order valence-corrected chi connectivity index (χ4v) is 2.14. The predicted molar refractivity (Wildman–Crippen MR) is 66.4 cm³/mol. The highest BCUT2D eigenvalue weighted by Crippen LogP contribution is 2.32. The second-order valence-electron chi connectivity index (χ2n) is 3.93. The normalized spacial score (nSPS) is 13.1. The van der Waals surface area contributed by atoms with Crippen LogP contribution in [0.1, 0.15) is 11.1 Å². The fourth-order valence-electron chi connectivity index (χ4n) is 1.88. The Labute approximate surface area is 105 Å². The van der Waals surface area contributed by atoms with Crippen LogP contribution < -0.4 is 15.4 Å². The first-order valence-corrected chi connectivity index (χ1v) is 5.94. The highest BCUT2D eigenvalue weighted by molar-refractivity contribution is 6.30. The predicted octanol–water partition coefficient (Wildman–Crippen LogP) is 1.11. The molecule has 0 bridgehead atoms. The minimum atomic E-state index is -0.0374. The second kappa shape index (κ2) is 5.38. The first-order chi connectivity index (χ1) is 8.20. The van der Waals surface area contributed by atoms with E-state index in [9.17, 15) is 4.79 Å². The van der Waals surface area contributed by atoms with Gasteiger partial charge in [-0.3, -0.25) is 4.79 Å². The van der Waals surface area contributed by atoms with Crippen molar-refractivity contribution in [3.8, 4) is 5.75 Å². The maximum atomic E-state index is 11.1. The first-order valence-electron chi connectivity index (χ1n) is 5.56. The number of halogens is 1. The van der Waals surface area contributed by atoms with Gasteiger partial charge in [0, 0.05) is 30.6 Å². The molecule has 1 amide bonds. The van der Waals surface area contributed by atoms with E-state index in [-0.39, 0.29) is 12.5 Å². The van der Waals surface area contributed by atoms with Crippen LogP contribution in [-0.2, 0) is 17.8 Å². The van der Waals surface area contributed by atoms with Gasteiger partial charge in [-0.1, -0.05) is 11.6 Å². The van der Waals surface area contributed by atoms with Crippen LogP contribution in [0.2, 0.25) is 5.02 Å². The van der Waals surface area contributed by atoms with Gasteiger partial charge >= 0.3 is 0 Å². The zero-order chi connectivity index (χ0) is 12.3. The number of hydrogen-bond acceptors (Lipinski definition) is 3. The number of carbonyl (C=O) groups is 1. The van der Waals surface area contributed by atoms with Crippen molar-refractivity contribution in [3.63, 3.8) is 0 Å². The largest absolute Gasteiger partial charge is 0.493 e. The lowest BCUT2D eigenvalue weighted by atomic mass is 10.1. The Hall–Kier alpha value is -1.26. The monoisotopic (exact) mass is 254 g/mol. The summed E-state index contributed by atoms with van der Waals surface area (Å²) in [7, 11) is 1.62.